The molecule has 0 heterocycles. The summed E-state index contributed by atoms with van der Waals surface area (Å²) in [4.78, 5) is 11.0. The quantitative estimate of drug-likeness (QED) is 0.895. The average Bonchev–Trinajstić information content (AvgIpc) is 2.40. The number of halogens is 2. The Labute approximate surface area is 121 Å². The van der Waals surface area contributed by atoms with Crippen molar-refractivity contribution in [3.8, 4) is 0 Å². The summed E-state index contributed by atoms with van der Waals surface area (Å²) in [5, 5.41) is 9.97. The Morgan fingerprint density at radius 3 is 2.26 bits per heavy atom. The topological polar surface area (TPSA) is 37.3 Å². The highest BCUT2D eigenvalue weighted by molar-refractivity contribution is 6.42. The first-order chi connectivity index (χ1) is 9.08. The van der Waals surface area contributed by atoms with E-state index in [4.69, 9.17) is 28.3 Å². The van der Waals surface area contributed by atoms with Crippen LogP contribution < -0.4 is 0 Å². The van der Waals surface area contributed by atoms with Crippen LogP contribution in [0, 0.1) is 0 Å². The Kier molecular flexibility index (Phi) is 4.46. The molecular weight excluding hydrogens is 283 g/mol. The van der Waals surface area contributed by atoms with Crippen molar-refractivity contribution in [1.82, 2.24) is 0 Å². The van der Waals surface area contributed by atoms with E-state index in [-0.39, 0.29) is 12.3 Å². The van der Waals surface area contributed by atoms with E-state index >= 15 is 0 Å². The Hall–Kier alpha value is -1.51. The number of aliphatic carboxylic acids is 1. The zero-order valence-corrected chi connectivity index (χ0v) is 11.5. The molecule has 0 aliphatic heterocycles. The molecule has 0 saturated carbocycles. The maximum Gasteiger partial charge on any atom is 0.304 e. The largest absolute Gasteiger partial charge is 0.481 e. The lowest BCUT2D eigenvalue weighted by Gasteiger charge is -2.16. The highest BCUT2D eigenvalue weighted by atomic mass is 35.5. The predicted octanol–water partition coefficient (Wildman–Crippen LogP) is 4.60. The second-order valence-corrected chi connectivity index (χ2v) is 5.05. The molecule has 1 N–H and O–H groups in total. The van der Waals surface area contributed by atoms with E-state index in [1.54, 1.807) is 12.1 Å². The van der Waals surface area contributed by atoms with Gasteiger partial charge >= 0.3 is 5.97 Å². The molecule has 2 nitrogen and oxygen atoms in total. The van der Waals surface area contributed by atoms with Crippen molar-refractivity contribution in [1.29, 1.82) is 0 Å². The van der Waals surface area contributed by atoms with Crippen LogP contribution in [0.3, 0.4) is 0 Å². The number of benzene rings is 2. The van der Waals surface area contributed by atoms with Crippen LogP contribution in [0.1, 0.15) is 23.5 Å². The SMILES string of the molecule is O=C(O)CC(c1ccccc1)c1ccc(Cl)c(Cl)c1. The summed E-state index contributed by atoms with van der Waals surface area (Å²) < 4.78 is 0. The first-order valence-electron chi connectivity index (χ1n) is 5.79. The Balaban J connectivity index is 2.42. The second kappa shape index (κ2) is 6.09. The molecule has 2 aromatic carbocycles. The Morgan fingerprint density at radius 2 is 1.68 bits per heavy atom. The van der Waals surface area contributed by atoms with Gasteiger partial charge in [0.15, 0.2) is 0 Å². The standard InChI is InChI=1S/C15H12Cl2O2/c16-13-7-6-11(8-14(13)17)12(9-15(18)19)10-4-2-1-3-5-10/h1-8,12H,9H2,(H,18,19). The molecule has 0 aromatic heterocycles. The average molecular weight is 295 g/mol. The van der Waals surface area contributed by atoms with Crippen molar-refractivity contribution in [2.75, 3.05) is 0 Å². The van der Waals surface area contributed by atoms with Crippen LogP contribution in [0.2, 0.25) is 10.0 Å². The van der Waals surface area contributed by atoms with Crippen LogP contribution >= 0.6 is 23.2 Å². The maximum absolute atomic E-state index is 11.0. The smallest absolute Gasteiger partial charge is 0.304 e. The van der Waals surface area contributed by atoms with Gasteiger partial charge in [-0.2, -0.15) is 0 Å². The van der Waals surface area contributed by atoms with Gasteiger partial charge in [-0.3, -0.25) is 4.79 Å². The summed E-state index contributed by atoms with van der Waals surface area (Å²) in [7, 11) is 0. The summed E-state index contributed by atoms with van der Waals surface area (Å²) in [6, 6.07) is 14.7. The van der Waals surface area contributed by atoms with Gasteiger partial charge in [0.2, 0.25) is 0 Å². The van der Waals surface area contributed by atoms with Gasteiger partial charge in [-0.05, 0) is 23.3 Å². The van der Waals surface area contributed by atoms with Gasteiger partial charge in [-0.25, -0.2) is 0 Å². The summed E-state index contributed by atoms with van der Waals surface area (Å²) in [5.74, 6) is -1.08. The number of carboxylic acid groups (broad SMARTS) is 1. The van der Waals surface area contributed by atoms with E-state index < -0.39 is 5.97 Å². The lowest BCUT2D eigenvalue weighted by molar-refractivity contribution is -0.137. The first kappa shape index (κ1) is 13.9. The van der Waals surface area contributed by atoms with Crippen LogP contribution in [-0.2, 0) is 4.79 Å². The van der Waals surface area contributed by atoms with Crippen molar-refractivity contribution in [3.63, 3.8) is 0 Å². The van der Waals surface area contributed by atoms with Gasteiger partial charge in [-0.1, -0.05) is 59.6 Å². The molecule has 0 amide bonds. The van der Waals surface area contributed by atoms with Crippen LogP contribution in [-0.4, -0.2) is 11.1 Å². The van der Waals surface area contributed by atoms with E-state index in [9.17, 15) is 4.79 Å². The molecule has 4 heteroatoms. The van der Waals surface area contributed by atoms with E-state index in [0.29, 0.717) is 10.0 Å². The van der Waals surface area contributed by atoms with Gasteiger partial charge in [0.05, 0.1) is 16.5 Å². The fourth-order valence-electron chi connectivity index (χ4n) is 2.02. The highest BCUT2D eigenvalue weighted by Gasteiger charge is 2.18. The zero-order chi connectivity index (χ0) is 13.8. The number of hydrogen-bond donors (Lipinski definition) is 1. The number of carbonyl (C=O) groups is 1. The van der Waals surface area contributed by atoms with E-state index in [1.165, 1.54) is 0 Å². The van der Waals surface area contributed by atoms with E-state index in [2.05, 4.69) is 0 Å². The third kappa shape index (κ3) is 3.49. The minimum Gasteiger partial charge on any atom is -0.481 e. The lowest BCUT2D eigenvalue weighted by atomic mass is 9.89. The minimum absolute atomic E-state index is 0.0158. The monoisotopic (exact) mass is 294 g/mol. The molecule has 0 spiro atoms. The summed E-state index contributed by atoms with van der Waals surface area (Å²) >= 11 is 11.9. The van der Waals surface area contributed by atoms with Crippen LogP contribution in [0.15, 0.2) is 48.5 Å². The maximum atomic E-state index is 11.0. The summed E-state index contributed by atoms with van der Waals surface area (Å²) in [5.41, 5.74) is 1.80. The van der Waals surface area contributed by atoms with Crippen molar-refractivity contribution >= 4 is 29.2 Å². The van der Waals surface area contributed by atoms with E-state index in [1.807, 2.05) is 36.4 Å². The van der Waals surface area contributed by atoms with Gasteiger partial charge in [0.25, 0.3) is 0 Å². The summed E-state index contributed by atoms with van der Waals surface area (Å²) in [6.45, 7) is 0. The van der Waals surface area contributed by atoms with Crippen molar-refractivity contribution in [2.45, 2.75) is 12.3 Å². The van der Waals surface area contributed by atoms with Crippen LogP contribution in [0.25, 0.3) is 0 Å². The molecule has 0 bridgehead atoms. The molecule has 19 heavy (non-hydrogen) atoms. The minimum atomic E-state index is -0.847. The normalized spacial score (nSPS) is 12.1. The van der Waals surface area contributed by atoms with Crippen LogP contribution in [0.5, 0.6) is 0 Å². The second-order valence-electron chi connectivity index (χ2n) is 4.23. The molecule has 1 atom stereocenters. The van der Waals surface area contributed by atoms with Crippen molar-refractivity contribution < 1.29 is 9.90 Å². The highest BCUT2D eigenvalue weighted by Crippen LogP contribution is 2.32. The number of rotatable bonds is 4. The fraction of sp³-hybridized carbons (Fsp3) is 0.133. The summed E-state index contributed by atoms with van der Waals surface area (Å²) in [6.07, 6.45) is 0.0158. The third-order valence-corrected chi connectivity index (χ3v) is 3.67. The molecule has 0 fully saturated rings. The molecule has 0 aliphatic rings. The predicted molar refractivity (Wildman–Crippen MR) is 77.0 cm³/mol. The fourth-order valence-corrected chi connectivity index (χ4v) is 2.32. The molecule has 1 unspecified atom stereocenters. The molecule has 0 radical (unpaired) electrons. The van der Waals surface area contributed by atoms with Crippen molar-refractivity contribution in [3.05, 3.63) is 69.7 Å². The number of hydrogen-bond acceptors (Lipinski definition) is 1. The first-order valence-corrected chi connectivity index (χ1v) is 6.55. The molecule has 0 aliphatic carbocycles. The van der Waals surface area contributed by atoms with E-state index in [0.717, 1.165) is 11.1 Å². The van der Waals surface area contributed by atoms with Gasteiger partial charge in [0, 0.05) is 5.92 Å². The zero-order valence-electron chi connectivity index (χ0n) is 10.0. The Bertz CT molecular complexity index is 582. The molecule has 2 rings (SSSR count). The molecule has 98 valence electrons. The third-order valence-electron chi connectivity index (χ3n) is 2.93. The molecule has 0 saturated heterocycles. The van der Waals surface area contributed by atoms with Gasteiger partial charge in [-0.15, -0.1) is 0 Å². The number of carboxylic acids is 1. The van der Waals surface area contributed by atoms with Crippen molar-refractivity contribution in [2.24, 2.45) is 0 Å². The molecule has 2 aromatic rings. The Morgan fingerprint density at radius 1 is 1.00 bits per heavy atom. The molecular formula is C15H12Cl2O2. The van der Waals surface area contributed by atoms with Gasteiger partial charge in [0.1, 0.15) is 0 Å². The lowest BCUT2D eigenvalue weighted by Crippen LogP contribution is -2.08. The van der Waals surface area contributed by atoms with Gasteiger partial charge < -0.3 is 5.11 Å². The van der Waals surface area contributed by atoms with Crippen LogP contribution in [0.4, 0.5) is 0 Å².